The standard InChI is InChI=1S/C26H36N2O/c1-16-5-20-14-25(2,3)28-23(22(20)9-21(16)15-27-4)10-24(29)26-11-17-6-18(12-26)8-19(7-17)13-26/h5,9-10,17-19,27-28H,6-8,11-15H2,1-4H3. The van der Waals surface area contributed by atoms with Gasteiger partial charge in [0, 0.05) is 34.8 Å². The molecule has 4 fully saturated rings. The van der Waals surface area contributed by atoms with Crippen molar-refractivity contribution in [2.24, 2.45) is 23.2 Å². The van der Waals surface area contributed by atoms with Crippen molar-refractivity contribution >= 4 is 11.5 Å². The number of nitrogens with one attached hydrogen (secondary N) is 2. The lowest BCUT2D eigenvalue weighted by molar-refractivity contribution is -0.138. The average molecular weight is 393 g/mol. The quantitative estimate of drug-likeness (QED) is 0.726. The largest absolute Gasteiger partial charge is 0.379 e. The molecule has 1 aromatic carbocycles. The van der Waals surface area contributed by atoms with Crippen LogP contribution >= 0.6 is 0 Å². The molecule has 0 atom stereocenters. The Balaban J connectivity index is 1.53. The van der Waals surface area contributed by atoms with Crippen molar-refractivity contribution in [1.82, 2.24) is 10.6 Å². The zero-order valence-electron chi connectivity index (χ0n) is 18.5. The number of carbonyl (C=O) groups excluding carboxylic acids is 1. The number of carbonyl (C=O) groups is 1. The molecule has 0 radical (unpaired) electrons. The van der Waals surface area contributed by atoms with Gasteiger partial charge in [-0.1, -0.05) is 6.07 Å². The summed E-state index contributed by atoms with van der Waals surface area (Å²) in [6.07, 6.45) is 10.5. The molecular weight excluding hydrogens is 356 g/mol. The molecule has 3 nitrogen and oxygen atoms in total. The minimum absolute atomic E-state index is 0.0302. The number of hydrogen-bond donors (Lipinski definition) is 2. The highest BCUT2D eigenvalue weighted by Crippen LogP contribution is 2.60. The predicted octanol–water partition coefficient (Wildman–Crippen LogP) is 4.77. The first kappa shape index (κ1) is 19.4. The van der Waals surface area contributed by atoms with Gasteiger partial charge < -0.3 is 10.6 Å². The van der Waals surface area contributed by atoms with Gasteiger partial charge in [0.2, 0.25) is 0 Å². The van der Waals surface area contributed by atoms with Crippen LogP contribution in [0.25, 0.3) is 5.70 Å². The van der Waals surface area contributed by atoms with Crippen LogP contribution in [0.4, 0.5) is 0 Å². The van der Waals surface area contributed by atoms with Gasteiger partial charge in [-0.25, -0.2) is 0 Å². The Kier molecular flexibility index (Phi) is 4.47. The molecule has 0 unspecified atom stereocenters. The van der Waals surface area contributed by atoms with E-state index >= 15 is 0 Å². The van der Waals surface area contributed by atoms with Gasteiger partial charge in [0.25, 0.3) is 0 Å². The van der Waals surface area contributed by atoms with Crippen LogP contribution in [-0.2, 0) is 17.8 Å². The Morgan fingerprint density at radius 1 is 1.14 bits per heavy atom. The molecule has 0 amide bonds. The van der Waals surface area contributed by atoms with E-state index in [4.69, 9.17) is 0 Å². The van der Waals surface area contributed by atoms with Gasteiger partial charge in [0.15, 0.2) is 5.78 Å². The molecule has 5 aliphatic rings. The maximum Gasteiger partial charge on any atom is 0.163 e. The lowest BCUT2D eigenvalue weighted by Crippen LogP contribution is -2.50. The summed E-state index contributed by atoms with van der Waals surface area (Å²) in [5.74, 6) is 2.81. The smallest absolute Gasteiger partial charge is 0.163 e. The minimum Gasteiger partial charge on any atom is -0.379 e. The summed E-state index contributed by atoms with van der Waals surface area (Å²) in [5, 5.41) is 7.01. The number of rotatable bonds is 4. The molecule has 156 valence electrons. The number of ketones is 1. The van der Waals surface area contributed by atoms with Crippen molar-refractivity contribution in [3.63, 3.8) is 0 Å². The van der Waals surface area contributed by atoms with Crippen LogP contribution in [0.3, 0.4) is 0 Å². The van der Waals surface area contributed by atoms with Gasteiger partial charge >= 0.3 is 0 Å². The first-order valence-electron chi connectivity index (χ1n) is 11.6. The van der Waals surface area contributed by atoms with Crippen molar-refractivity contribution in [1.29, 1.82) is 0 Å². The Morgan fingerprint density at radius 3 is 2.34 bits per heavy atom. The van der Waals surface area contributed by atoms with Gasteiger partial charge in [-0.05, 0) is 113 Å². The van der Waals surface area contributed by atoms with Crippen molar-refractivity contribution in [2.45, 2.75) is 77.8 Å². The molecule has 3 heteroatoms. The third-order valence-corrected chi connectivity index (χ3v) is 8.16. The Hall–Kier alpha value is -1.61. The van der Waals surface area contributed by atoms with Gasteiger partial charge in [0.1, 0.15) is 0 Å². The normalized spacial score (nSPS) is 35.4. The van der Waals surface area contributed by atoms with E-state index in [0.717, 1.165) is 55.7 Å². The molecule has 2 N–H and O–H groups in total. The predicted molar refractivity (Wildman–Crippen MR) is 118 cm³/mol. The fourth-order valence-electron chi connectivity index (χ4n) is 7.35. The second-order valence-electron chi connectivity index (χ2n) is 11.3. The first-order chi connectivity index (χ1) is 13.8. The van der Waals surface area contributed by atoms with E-state index in [-0.39, 0.29) is 11.0 Å². The molecule has 4 bridgehead atoms. The van der Waals surface area contributed by atoms with E-state index in [2.05, 4.69) is 43.5 Å². The second-order valence-corrected chi connectivity index (χ2v) is 11.3. The van der Waals surface area contributed by atoms with Crippen LogP contribution in [0.15, 0.2) is 18.2 Å². The molecule has 29 heavy (non-hydrogen) atoms. The molecule has 1 aromatic rings. The number of hydrogen-bond acceptors (Lipinski definition) is 3. The van der Waals surface area contributed by atoms with E-state index in [1.54, 1.807) is 0 Å². The summed E-state index contributed by atoms with van der Waals surface area (Å²) in [4.78, 5) is 13.7. The highest BCUT2D eigenvalue weighted by Gasteiger charge is 2.54. The molecule has 6 rings (SSSR count). The second kappa shape index (κ2) is 6.70. The van der Waals surface area contributed by atoms with Gasteiger partial charge in [-0.3, -0.25) is 4.79 Å². The van der Waals surface area contributed by atoms with Crippen LogP contribution in [0, 0.1) is 30.1 Å². The highest BCUT2D eigenvalue weighted by molar-refractivity contribution is 6.01. The number of fused-ring (bicyclic) bond motifs is 1. The van der Waals surface area contributed by atoms with E-state index in [1.165, 1.54) is 41.5 Å². The summed E-state index contributed by atoms with van der Waals surface area (Å²) in [6.45, 7) is 7.55. The average Bonchev–Trinajstić information content (AvgIpc) is 2.61. The van der Waals surface area contributed by atoms with E-state index in [0.29, 0.717) is 5.78 Å². The summed E-state index contributed by atoms with van der Waals surface area (Å²) in [6, 6.07) is 4.65. The van der Waals surface area contributed by atoms with E-state index < -0.39 is 0 Å². The monoisotopic (exact) mass is 392 g/mol. The number of allylic oxidation sites excluding steroid dienone is 1. The summed E-state index contributed by atoms with van der Waals surface area (Å²) in [7, 11) is 1.99. The molecule has 4 saturated carbocycles. The first-order valence-corrected chi connectivity index (χ1v) is 11.6. The fourth-order valence-corrected chi connectivity index (χ4v) is 7.35. The molecule has 1 aliphatic heterocycles. The molecule has 4 aliphatic carbocycles. The minimum atomic E-state index is -0.0658. The van der Waals surface area contributed by atoms with Crippen molar-refractivity contribution in [2.75, 3.05) is 7.05 Å². The van der Waals surface area contributed by atoms with Gasteiger partial charge in [0.05, 0.1) is 0 Å². The number of benzene rings is 1. The lowest BCUT2D eigenvalue weighted by Gasteiger charge is -2.55. The van der Waals surface area contributed by atoms with Crippen molar-refractivity contribution in [3.05, 3.63) is 40.5 Å². The summed E-state index contributed by atoms with van der Waals surface area (Å²) < 4.78 is 0. The molecule has 0 spiro atoms. The van der Waals surface area contributed by atoms with Crippen LogP contribution in [0.1, 0.15) is 74.6 Å². The van der Waals surface area contributed by atoms with E-state index in [9.17, 15) is 4.79 Å². The summed E-state index contributed by atoms with van der Waals surface area (Å²) >= 11 is 0. The Bertz CT molecular complexity index is 844. The van der Waals surface area contributed by atoms with Crippen molar-refractivity contribution in [3.8, 4) is 0 Å². The van der Waals surface area contributed by atoms with Crippen molar-refractivity contribution < 1.29 is 4.79 Å². The zero-order valence-corrected chi connectivity index (χ0v) is 18.5. The molecule has 0 aromatic heterocycles. The fraction of sp³-hybridized carbons (Fsp3) is 0.654. The molecule has 1 heterocycles. The van der Waals surface area contributed by atoms with Crippen LogP contribution in [0.5, 0.6) is 0 Å². The van der Waals surface area contributed by atoms with Gasteiger partial charge in [-0.2, -0.15) is 0 Å². The third-order valence-electron chi connectivity index (χ3n) is 8.16. The lowest BCUT2D eigenvalue weighted by atomic mass is 9.48. The van der Waals surface area contributed by atoms with E-state index in [1.807, 2.05) is 13.1 Å². The summed E-state index contributed by atoms with van der Waals surface area (Å²) in [5.41, 5.74) is 6.22. The zero-order chi connectivity index (χ0) is 20.4. The van der Waals surface area contributed by atoms with Crippen LogP contribution in [0.2, 0.25) is 0 Å². The highest BCUT2D eigenvalue weighted by atomic mass is 16.1. The molecular formula is C26H36N2O. The maximum absolute atomic E-state index is 13.7. The van der Waals surface area contributed by atoms with Gasteiger partial charge in [-0.15, -0.1) is 0 Å². The van der Waals surface area contributed by atoms with Crippen LogP contribution in [-0.4, -0.2) is 18.4 Å². The molecule has 0 saturated heterocycles. The SMILES string of the molecule is CNCc1cc2c(cc1C)CC(C)(C)NC2=CC(=O)C12CC3CC(CC(C3)C1)C2. The Morgan fingerprint density at radius 2 is 1.76 bits per heavy atom. The topological polar surface area (TPSA) is 41.1 Å². The third kappa shape index (κ3) is 3.36. The van der Waals surface area contributed by atoms with Crippen LogP contribution < -0.4 is 10.6 Å². The Labute approximate surface area is 175 Å². The number of aryl methyl sites for hydroxylation is 1. The maximum atomic E-state index is 13.7.